The van der Waals surface area contributed by atoms with Gasteiger partial charge in [-0.2, -0.15) is 16.6 Å². The Balaban J connectivity index is 2.09. The van der Waals surface area contributed by atoms with Gasteiger partial charge in [0.2, 0.25) is 11.6 Å². The van der Waals surface area contributed by atoms with Gasteiger partial charge in [0.15, 0.2) is 5.89 Å². The van der Waals surface area contributed by atoms with Gasteiger partial charge in [0, 0.05) is 13.5 Å². The van der Waals surface area contributed by atoms with Gasteiger partial charge >= 0.3 is 0 Å². The van der Waals surface area contributed by atoms with E-state index in [1.54, 1.807) is 18.3 Å². The van der Waals surface area contributed by atoms with Crippen LogP contribution in [0.1, 0.15) is 23.2 Å². The summed E-state index contributed by atoms with van der Waals surface area (Å²) in [6.07, 6.45) is 0. The number of rotatable bonds is 5. The molecule has 100 valence electrons. The van der Waals surface area contributed by atoms with Crippen molar-refractivity contribution >= 4 is 17.2 Å². The first-order valence-corrected chi connectivity index (χ1v) is 6.86. The second kappa shape index (κ2) is 5.87. The summed E-state index contributed by atoms with van der Waals surface area (Å²) in [5.74, 6) is 0.943. The first-order valence-electron chi connectivity index (χ1n) is 5.91. The zero-order valence-electron chi connectivity index (χ0n) is 11.2. The van der Waals surface area contributed by atoms with Gasteiger partial charge in [-0.1, -0.05) is 0 Å². The number of hydrogen-bond acceptors (Lipinski definition) is 6. The van der Waals surface area contributed by atoms with Crippen LogP contribution in [0.15, 0.2) is 21.2 Å². The molecule has 0 spiro atoms. The molecule has 2 aromatic rings. The number of nitriles is 1. The summed E-state index contributed by atoms with van der Waals surface area (Å²) in [4.78, 5) is 6.14. The van der Waals surface area contributed by atoms with Crippen molar-refractivity contribution in [2.24, 2.45) is 0 Å². The molecular weight excluding hydrogens is 260 g/mol. The molecule has 19 heavy (non-hydrogen) atoms. The summed E-state index contributed by atoms with van der Waals surface area (Å²) in [5, 5.41) is 16.3. The molecule has 2 rings (SSSR count). The number of anilines is 1. The van der Waals surface area contributed by atoms with E-state index in [1.165, 1.54) is 5.56 Å². The van der Waals surface area contributed by atoms with E-state index in [4.69, 9.17) is 9.68 Å². The van der Waals surface area contributed by atoms with Crippen LogP contribution in [0, 0.1) is 18.3 Å². The van der Waals surface area contributed by atoms with E-state index in [9.17, 15) is 0 Å². The molecule has 6 heteroatoms. The van der Waals surface area contributed by atoms with E-state index in [0.717, 1.165) is 0 Å². The number of nitrogens with zero attached hydrogens (tertiary/aromatic N) is 3. The van der Waals surface area contributed by atoms with Crippen molar-refractivity contribution in [3.63, 3.8) is 0 Å². The van der Waals surface area contributed by atoms with Crippen molar-refractivity contribution in [2.75, 3.05) is 26.0 Å². The Hall–Kier alpha value is -1.84. The van der Waals surface area contributed by atoms with Crippen molar-refractivity contribution in [1.82, 2.24) is 9.88 Å². The second-order valence-electron chi connectivity index (χ2n) is 4.44. The summed E-state index contributed by atoms with van der Waals surface area (Å²) in [6.45, 7) is 2.39. The standard InChI is InChI=1S/C13H16N4OS/c1-9-16-11(6-14)13(18-9)15-7-12(17(2)3)10-4-5-19-8-10/h4-5,8,12,15H,7H2,1-3H3. The first-order chi connectivity index (χ1) is 9.11. The predicted molar refractivity (Wildman–Crippen MR) is 75.2 cm³/mol. The normalized spacial score (nSPS) is 12.4. The lowest BCUT2D eigenvalue weighted by Gasteiger charge is -2.23. The number of thiophene rings is 1. The molecule has 2 aromatic heterocycles. The van der Waals surface area contributed by atoms with E-state index in [1.807, 2.05) is 20.2 Å². The Morgan fingerprint density at radius 1 is 1.58 bits per heavy atom. The zero-order chi connectivity index (χ0) is 13.8. The maximum absolute atomic E-state index is 8.97. The number of aromatic nitrogens is 1. The van der Waals surface area contributed by atoms with Gasteiger partial charge < -0.3 is 14.6 Å². The van der Waals surface area contributed by atoms with Crippen LogP contribution in [0.3, 0.4) is 0 Å². The monoisotopic (exact) mass is 276 g/mol. The average molecular weight is 276 g/mol. The van der Waals surface area contributed by atoms with Gasteiger partial charge in [0.05, 0.1) is 6.04 Å². The van der Waals surface area contributed by atoms with E-state index in [-0.39, 0.29) is 6.04 Å². The molecule has 5 nitrogen and oxygen atoms in total. The Bertz CT molecular complexity index is 568. The van der Waals surface area contributed by atoms with Gasteiger partial charge in [-0.3, -0.25) is 0 Å². The van der Waals surface area contributed by atoms with Crippen LogP contribution >= 0.6 is 11.3 Å². The van der Waals surface area contributed by atoms with E-state index >= 15 is 0 Å². The minimum Gasteiger partial charge on any atom is -0.424 e. The fourth-order valence-corrected chi connectivity index (χ4v) is 2.58. The van der Waals surface area contributed by atoms with Gasteiger partial charge in [-0.05, 0) is 36.5 Å². The van der Waals surface area contributed by atoms with Crippen molar-refractivity contribution in [2.45, 2.75) is 13.0 Å². The Labute approximate surface area is 116 Å². The predicted octanol–water partition coefficient (Wildman–Crippen LogP) is 2.63. The summed E-state index contributed by atoms with van der Waals surface area (Å²) >= 11 is 1.68. The quantitative estimate of drug-likeness (QED) is 0.909. The van der Waals surface area contributed by atoms with Crippen molar-refractivity contribution < 1.29 is 4.42 Å². The Morgan fingerprint density at radius 2 is 2.37 bits per heavy atom. The Morgan fingerprint density at radius 3 is 2.95 bits per heavy atom. The molecule has 0 fully saturated rings. The van der Waals surface area contributed by atoms with Crippen molar-refractivity contribution in [3.8, 4) is 6.07 Å². The minimum atomic E-state index is 0.225. The summed E-state index contributed by atoms with van der Waals surface area (Å²) < 4.78 is 5.39. The van der Waals surface area contributed by atoms with Crippen molar-refractivity contribution in [3.05, 3.63) is 34.0 Å². The van der Waals surface area contributed by atoms with Crippen LogP contribution in [0.25, 0.3) is 0 Å². The molecular formula is C13H16N4OS. The number of aryl methyl sites for hydroxylation is 1. The topological polar surface area (TPSA) is 65.1 Å². The highest BCUT2D eigenvalue weighted by atomic mass is 32.1. The van der Waals surface area contributed by atoms with Crippen LogP contribution in [0.4, 0.5) is 5.88 Å². The molecule has 0 aliphatic rings. The lowest BCUT2D eigenvalue weighted by Crippen LogP contribution is -2.26. The van der Waals surface area contributed by atoms with E-state index < -0.39 is 0 Å². The first kappa shape index (κ1) is 13.6. The van der Waals surface area contributed by atoms with Crippen molar-refractivity contribution in [1.29, 1.82) is 5.26 Å². The summed E-state index contributed by atoms with van der Waals surface area (Å²) in [7, 11) is 4.06. The third-order valence-electron chi connectivity index (χ3n) is 2.85. The minimum absolute atomic E-state index is 0.225. The molecule has 0 bridgehead atoms. The number of nitrogens with one attached hydrogen (secondary N) is 1. The molecule has 1 atom stereocenters. The molecule has 1 unspecified atom stereocenters. The summed E-state index contributed by atoms with van der Waals surface area (Å²) in [5.41, 5.74) is 1.55. The third kappa shape index (κ3) is 3.13. The number of hydrogen-bond donors (Lipinski definition) is 1. The highest BCUT2D eigenvalue weighted by molar-refractivity contribution is 7.07. The largest absolute Gasteiger partial charge is 0.424 e. The Kier molecular flexibility index (Phi) is 4.20. The van der Waals surface area contributed by atoms with Crippen LogP contribution in [0.5, 0.6) is 0 Å². The van der Waals surface area contributed by atoms with E-state index in [0.29, 0.717) is 24.0 Å². The highest BCUT2D eigenvalue weighted by Gasteiger charge is 2.17. The van der Waals surface area contributed by atoms with Gasteiger partial charge in [-0.25, -0.2) is 4.98 Å². The van der Waals surface area contributed by atoms with E-state index in [2.05, 4.69) is 32.0 Å². The maximum Gasteiger partial charge on any atom is 0.232 e. The zero-order valence-corrected chi connectivity index (χ0v) is 12.0. The van der Waals surface area contributed by atoms with Crippen LogP contribution in [-0.2, 0) is 0 Å². The van der Waals surface area contributed by atoms with Gasteiger partial charge in [0.1, 0.15) is 6.07 Å². The molecule has 0 saturated heterocycles. The lowest BCUT2D eigenvalue weighted by molar-refractivity contribution is 0.311. The second-order valence-corrected chi connectivity index (χ2v) is 5.22. The fourth-order valence-electron chi connectivity index (χ4n) is 1.88. The molecule has 0 aliphatic carbocycles. The van der Waals surface area contributed by atoms with Crippen LogP contribution in [0.2, 0.25) is 0 Å². The number of oxazole rings is 1. The lowest BCUT2D eigenvalue weighted by atomic mass is 10.1. The van der Waals surface area contributed by atoms with Gasteiger partial charge in [-0.15, -0.1) is 0 Å². The molecule has 0 aliphatic heterocycles. The number of likely N-dealkylation sites (N-methyl/N-ethyl adjacent to an activating group) is 1. The molecule has 0 radical (unpaired) electrons. The smallest absolute Gasteiger partial charge is 0.232 e. The molecule has 2 heterocycles. The molecule has 0 aromatic carbocycles. The molecule has 1 N–H and O–H groups in total. The third-order valence-corrected chi connectivity index (χ3v) is 3.55. The maximum atomic E-state index is 8.97. The highest BCUT2D eigenvalue weighted by Crippen LogP contribution is 2.23. The SMILES string of the molecule is Cc1nc(C#N)c(NCC(c2ccsc2)N(C)C)o1. The molecule has 0 saturated carbocycles. The molecule has 0 amide bonds. The van der Waals surface area contributed by atoms with Crippen LogP contribution < -0.4 is 5.32 Å². The van der Waals surface area contributed by atoms with Gasteiger partial charge in [0.25, 0.3) is 0 Å². The summed E-state index contributed by atoms with van der Waals surface area (Å²) in [6, 6.07) is 4.36. The fraction of sp³-hybridized carbons (Fsp3) is 0.385. The average Bonchev–Trinajstić information content (AvgIpc) is 2.98. The van der Waals surface area contributed by atoms with Crippen LogP contribution in [-0.4, -0.2) is 30.5 Å².